The van der Waals surface area contributed by atoms with E-state index in [2.05, 4.69) is 15.7 Å². The molecule has 0 spiro atoms. The highest BCUT2D eigenvalue weighted by atomic mass is 16.2. The lowest BCUT2D eigenvalue weighted by atomic mass is 10.1. The van der Waals surface area contributed by atoms with Crippen molar-refractivity contribution in [2.45, 2.75) is 34.2 Å². The van der Waals surface area contributed by atoms with Crippen LogP contribution in [0.25, 0.3) is 0 Å². The largest absolute Gasteiger partial charge is 0.352 e. The molecule has 3 aromatic rings. The fraction of sp³-hybridized carbons (Fsp3) is 0.261. The first-order chi connectivity index (χ1) is 13.9. The lowest BCUT2D eigenvalue weighted by Crippen LogP contribution is -2.22. The van der Waals surface area contributed by atoms with Gasteiger partial charge < -0.3 is 10.6 Å². The van der Waals surface area contributed by atoms with Gasteiger partial charge in [0.05, 0.1) is 12.2 Å². The summed E-state index contributed by atoms with van der Waals surface area (Å²) in [5.74, 6) is -0.306. The minimum Gasteiger partial charge on any atom is -0.352 e. The zero-order valence-corrected chi connectivity index (χ0v) is 17.2. The average Bonchev–Trinajstić information content (AvgIpc) is 3.00. The quantitative estimate of drug-likeness (QED) is 0.671. The first kappa shape index (κ1) is 20.3. The Morgan fingerprint density at radius 3 is 2.38 bits per heavy atom. The van der Waals surface area contributed by atoms with Gasteiger partial charge in [-0.05, 0) is 75.2 Å². The predicted molar refractivity (Wildman–Crippen MR) is 114 cm³/mol. The molecule has 0 atom stereocenters. The van der Waals surface area contributed by atoms with Crippen molar-refractivity contribution in [2.24, 2.45) is 0 Å². The molecule has 0 aliphatic carbocycles. The molecule has 2 amide bonds. The fourth-order valence-electron chi connectivity index (χ4n) is 3.22. The third-order valence-corrected chi connectivity index (χ3v) is 4.70. The standard InChI is InChI=1S/C23H26N4O2/c1-5-24-22(28)20-9-10-21(15(2)11-20)25-23(29)19-8-6-7-18(13-19)14-27-17(4)12-16(3)26-27/h6-13H,5,14H2,1-4H3,(H,24,28)(H,25,29). The molecule has 0 fully saturated rings. The van der Waals surface area contributed by atoms with E-state index in [0.29, 0.717) is 29.9 Å². The molecule has 6 heteroatoms. The van der Waals surface area contributed by atoms with Crippen molar-refractivity contribution in [3.8, 4) is 0 Å². The zero-order chi connectivity index (χ0) is 21.0. The van der Waals surface area contributed by atoms with Crippen molar-refractivity contribution in [3.05, 3.63) is 82.2 Å². The molecule has 6 nitrogen and oxygen atoms in total. The molecule has 0 saturated heterocycles. The Morgan fingerprint density at radius 2 is 1.72 bits per heavy atom. The Balaban J connectivity index is 1.74. The Morgan fingerprint density at radius 1 is 0.966 bits per heavy atom. The van der Waals surface area contributed by atoms with E-state index in [4.69, 9.17) is 0 Å². The SMILES string of the molecule is CCNC(=O)c1ccc(NC(=O)c2cccc(Cn3nc(C)cc3C)c2)c(C)c1. The van der Waals surface area contributed by atoms with E-state index in [-0.39, 0.29) is 11.8 Å². The van der Waals surface area contributed by atoms with Crippen LogP contribution in [0.1, 0.15) is 50.2 Å². The number of amides is 2. The number of aromatic nitrogens is 2. The number of rotatable bonds is 6. The van der Waals surface area contributed by atoms with Crippen LogP contribution in [0.5, 0.6) is 0 Å². The summed E-state index contributed by atoms with van der Waals surface area (Å²) >= 11 is 0. The number of nitrogens with one attached hydrogen (secondary N) is 2. The van der Waals surface area contributed by atoms with E-state index < -0.39 is 0 Å². The van der Waals surface area contributed by atoms with Crippen LogP contribution in [-0.4, -0.2) is 28.1 Å². The highest BCUT2D eigenvalue weighted by Crippen LogP contribution is 2.18. The summed E-state index contributed by atoms with van der Waals surface area (Å²) in [7, 11) is 0. The Hall–Kier alpha value is -3.41. The van der Waals surface area contributed by atoms with Gasteiger partial charge in [-0.3, -0.25) is 14.3 Å². The molecule has 1 aromatic heterocycles. The minimum absolute atomic E-state index is 0.120. The maximum absolute atomic E-state index is 12.8. The molecule has 0 saturated carbocycles. The monoisotopic (exact) mass is 390 g/mol. The van der Waals surface area contributed by atoms with E-state index in [0.717, 1.165) is 22.5 Å². The maximum Gasteiger partial charge on any atom is 0.255 e. The van der Waals surface area contributed by atoms with Gasteiger partial charge in [0.15, 0.2) is 0 Å². The van der Waals surface area contributed by atoms with Crippen molar-refractivity contribution in [3.63, 3.8) is 0 Å². The summed E-state index contributed by atoms with van der Waals surface area (Å²) in [6.07, 6.45) is 0. The van der Waals surface area contributed by atoms with Crippen LogP contribution in [0.15, 0.2) is 48.5 Å². The maximum atomic E-state index is 12.8. The molecule has 0 radical (unpaired) electrons. The van der Waals surface area contributed by atoms with Gasteiger partial charge in [0.2, 0.25) is 0 Å². The number of benzene rings is 2. The van der Waals surface area contributed by atoms with Gasteiger partial charge in [0, 0.05) is 29.1 Å². The van der Waals surface area contributed by atoms with Crippen molar-refractivity contribution in [1.82, 2.24) is 15.1 Å². The topological polar surface area (TPSA) is 76.0 Å². The molecule has 2 aromatic carbocycles. The van der Waals surface area contributed by atoms with Crippen molar-refractivity contribution < 1.29 is 9.59 Å². The normalized spacial score (nSPS) is 10.6. The second-order valence-corrected chi connectivity index (χ2v) is 7.13. The van der Waals surface area contributed by atoms with Crippen molar-refractivity contribution in [1.29, 1.82) is 0 Å². The molecule has 3 rings (SSSR count). The van der Waals surface area contributed by atoms with Crippen LogP contribution in [-0.2, 0) is 6.54 Å². The van der Waals surface area contributed by atoms with Gasteiger partial charge in [-0.2, -0.15) is 5.10 Å². The van der Waals surface area contributed by atoms with E-state index >= 15 is 0 Å². The van der Waals surface area contributed by atoms with Crippen molar-refractivity contribution in [2.75, 3.05) is 11.9 Å². The Labute approximate surface area is 170 Å². The summed E-state index contributed by atoms with van der Waals surface area (Å²) in [6.45, 7) is 8.92. The highest BCUT2D eigenvalue weighted by molar-refractivity contribution is 6.05. The van der Waals surface area contributed by atoms with Crippen LogP contribution >= 0.6 is 0 Å². The number of aryl methyl sites for hydroxylation is 3. The lowest BCUT2D eigenvalue weighted by molar-refractivity contribution is 0.0955. The van der Waals surface area contributed by atoms with Crippen LogP contribution in [0.4, 0.5) is 5.69 Å². The molecule has 0 aliphatic rings. The Bertz CT molecular complexity index is 1050. The minimum atomic E-state index is -0.186. The molecular weight excluding hydrogens is 364 g/mol. The first-order valence-corrected chi connectivity index (χ1v) is 9.67. The van der Waals surface area contributed by atoms with Crippen LogP contribution in [0.3, 0.4) is 0 Å². The number of nitrogens with zero attached hydrogens (tertiary/aromatic N) is 2. The third kappa shape index (κ3) is 4.90. The van der Waals surface area contributed by atoms with Gasteiger partial charge in [0.25, 0.3) is 11.8 Å². The molecule has 1 heterocycles. The van der Waals surface area contributed by atoms with E-state index in [1.165, 1.54) is 0 Å². The van der Waals surface area contributed by atoms with Gasteiger partial charge in [-0.15, -0.1) is 0 Å². The molecule has 150 valence electrons. The van der Waals surface area contributed by atoms with E-state index in [1.54, 1.807) is 24.3 Å². The number of hydrogen-bond acceptors (Lipinski definition) is 3. The lowest BCUT2D eigenvalue weighted by Gasteiger charge is -2.11. The molecule has 29 heavy (non-hydrogen) atoms. The van der Waals surface area contributed by atoms with Crippen LogP contribution in [0, 0.1) is 20.8 Å². The average molecular weight is 390 g/mol. The number of carbonyl (C=O) groups excluding carboxylic acids is 2. The van der Waals surface area contributed by atoms with Gasteiger partial charge >= 0.3 is 0 Å². The highest BCUT2D eigenvalue weighted by Gasteiger charge is 2.11. The molecular formula is C23H26N4O2. The summed E-state index contributed by atoms with van der Waals surface area (Å²) in [5, 5.41) is 10.2. The second-order valence-electron chi connectivity index (χ2n) is 7.13. The summed E-state index contributed by atoms with van der Waals surface area (Å²) in [5.41, 5.74) is 5.74. The van der Waals surface area contributed by atoms with E-state index in [1.807, 2.05) is 56.6 Å². The van der Waals surface area contributed by atoms with Crippen LogP contribution in [0.2, 0.25) is 0 Å². The summed E-state index contributed by atoms with van der Waals surface area (Å²) in [4.78, 5) is 24.7. The molecule has 0 aliphatic heterocycles. The van der Waals surface area contributed by atoms with Gasteiger partial charge in [0.1, 0.15) is 0 Å². The number of hydrogen-bond donors (Lipinski definition) is 2. The number of anilines is 1. The smallest absolute Gasteiger partial charge is 0.255 e. The second kappa shape index (κ2) is 8.73. The predicted octanol–water partition coefficient (Wildman–Crippen LogP) is 3.86. The summed E-state index contributed by atoms with van der Waals surface area (Å²) < 4.78 is 1.93. The first-order valence-electron chi connectivity index (χ1n) is 9.67. The van der Waals surface area contributed by atoms with Crippen LogP contribution < -0.4 is 10.6 Å². The molecule has 2 N–H and O–H groups in total. The summed E-state index contributed by atoms with van der Waals surface area (Å²) in [6, 6.07) is 14.8. The van der Waals surface area contributed by atoms with Gasteiger partial charge in [-0.1, -0.05) is 12.1 Å². The van der Waals surface area contributed by atoms with Gasteiger partial charge in [-0.25, -0.2) is 0 Å². The van der Waals surface area contributed by atoms with Crippen molar-refractivity contribution >= 4 is 17.5 Å². The fourth-order valence-corrected chi connectivity index (χ4v) is 3.22. The zero-order valence-electron chi connectivity index (χ0n) is 17.2. The van der Waals surface area contributed by atoms with E-state index in [9.17, 15) is 9.59 Å². The third-order valence-electron chi connectivity index (χ3n) is 4.70. The Kier molecular flexibility index (Phi) is 6.12. The molecule has 0 unspecified atom stereocenters. The molecule has 0 bridgehead atoms. The number of carbonyl (C=O) groups is 2.